The third kappa shape index (κ3) is 2.73. The molecule has 88 valence electrons. The van der Waals surface area contributed by atoms with Crippen LogP contribution in [0.25, 0.3) is 0 Å². The van der Waals surface area contributed by atoms with Crippen molar-refractivity contribution in [3.05, 3.63) is 28.3 Å². The van der Waals surface area contributed by atoms with Gasteiger partial charge in [0.2, 0.25) is 0 Å². The first-order chi connectivity index (χ1) is 7.47. The second kappa shape index (κ2) is 5.30. The standard InChI is InChI=1S/C13H19NOS/c1-8-7-12(15-4)10(3)9(2)11(8)5-6-13(14)16/h7H,5-6H2,1-4H3,(H2,14,16). The fourth-order valence-electron chi connectivity index (χ4n) is 1.94. The summed E-state index contributed by atoms with van der Waals surface area (Å²) in [5.41, 5.74) is 10.6. The van der Waals surface area contributed by atoms with Crippen LogP contribution in [0.1, 0.15) is 28.7 Å². The lowest BCUT2D eigenvalue weighted by molar-refractivity contribution is 0.410. The normalized spacial score (nSPS) is 10.2. The summed E-state index contributed by atoms with van der Waals surface area (Å²) in [4.78, 5) is 0.576. The second-order valence-electron chi connectivity index (χ2n) is 4.09. The van der Waals surface area contributed by atoms with Gasteiger partial charge in [0.25, 0.3) is 0 Å². The van der Waals surface area contributed by atoms with Crippen LogP contribution in [0.4, 0.5) is 0 Å². The van der Waals surface area contributed by atoms with E-state index in [1.54, 1.807) is 7.11 Å². The van der Waals surface area contributed by atoms with Crippen molar-refractivity contribution in [3.8, 4) is 5.75 Å². The number of thiocarbonyl (C=S) groups is 1. The molecule has 3 heteroatoms. The quantitative estimate of drug-likeness (QED) is 0.818. The van der Waals surface area contributed by atoms with Crippen LogP contribution in [0.5, 0.6) is 5.75 Å². The third-order valence-electron chi connectivity index (χ3n) is 3.05. The SMILES string of the molecule is COc1cc(C)c(CCC(N)=S)c(C)c1C. The van der Waals surface area contributed by atoms with Crippen molar-refractivity contribution >= 4 is 17.2 Å². The molecular formula is C13H19NOS. The molecule has 0 spiro atoms. The van der Waals surface area contributed by atoms with Crippen molar-refractivity contribution in [1.82, 2.24) is 0 Å². The molecule has 2 nitrogen and oxygen atoms in total. The number of methoxy groups -OCH3 is 1. The van der Waals surface area contributed by atoms with E-state index in [2.05, 4.69) is 26.8 Å². The van der Waals surface area contributed by atoms with Crippen molar-refractivity contribution in [2.75, 3.05) is 7.11 Å². The van der Waals surface area contributed by atoms with Crippen LogP contribution in [-0.2, 0) is 6.42 Å². The summed E-state index contributed by atoms with van der Waals surface area (Å²) in [6.07, 6.45) is 1.68. The van der Waals surface area contributed by atoms with Crippen molar-refractivity contribution in [3.63, 3.8) is 0 Å². The molecule has 0 aliphatic rings. The molecule has 1 rings (SSSR count). The first-order valence-electron chi connectivity index (χ1n) is 5.39. The van der Waals surface area contributed by atoms with Crippen LogP contribution in [-0.4, -0.2) is 12.1 Å². The van der Waals surface area contributed by atoms with E-state index in [-0.39, 0.29) is 0 Å². The zero-order valence-corrected chi connectivity index (χ0v) is 11.2. The molecule has 0 aliphatic heterocycles. The van der Waals surface area contributed by atoms with Gasteiger partial charge in [-0.15, -0.1) is 0 Å². The monoisotopic (exact) mass is 237 g/mol. The summed E-state index contributed by atoms with van der Waals surface area (Å²) >= 11 is 4.92. The molecule has 0 unspecified atom stereocenters. The van der Waals surface area contributed by atoms with Gasteiger partial charge in [-0.3, -0.25) is 0 Å². The number of aryl methyl sites for hydroxylation is 1. The van der Waals surface area contributed by atoms with E-state index < -0.39 is 0 Å². The molecular weight excluding hydrogens is 218 g/mol. The Labute approximate surface area is 103 Å². The Bertz CT molecular complexity index is 413. The van der Waals surface area contributed by atoms with Gasteiger partial charge in [0.05, 0.1) is 12.1 Å². The Hall–Kier alpha value is -1.09. The Morgan fingerprint density at radius 2 is 1.94 bits per heavy atom. The van der Waals surface area contributed by atoms with Gasteiger partial charge in [-0.05, 0) is 55.5 Å². The molecule has 0 fully saturated rings. The maximum absolute atomic E-state index is 5.54. The molecule has 0 saturated heterocycles. The van der Waals surface area contributed by atoms with Crippen LogP contribution >= 0.6 is 12.2 Å². The number of rotatable bonds is 4. The molecule has 0 aromatic heterocycles. The molecule has 2 N–H and O–H groups in total. The Kier molecular flexibility index (Phi) is 4.30. The minimum Gasteiger partial charge on any atom is -0.496 e. The van der Waals surface area contributed by atoms with E-state index >= 15 is 0 Å². The predicted molar refractivity (Wildman–Crippen MR) is 72.3 cm³/mol. The number of nitrogens with two attached hydrogens (primary N) is 1. The number of benzene rings is 1. The second-order valence-corrected chi connectivity index (χ2v) is 4.61. The lowest BCUT2D eigenvalue weighted by Crippen LogP contribution is -2.10. The highest BCUT2D eigenvalue weighted by molar-refractivity contribution is 7.80. The highest BCUT2D eigenvalue weighted by atomic mass is 32.1. The fourth-order valence-corrected chi connectivity index (χ4v) is 2.05. The summed E-state index contributed by atoms with van der Waals surface area (Å²) in [5.74, 6) is 0.953. The number of ether oxygens (including phenoxy) is 1. The summed E-state index contributed by atoms with van der Waals surface area (Å²) in [7, 11) is 1.70. The van der Waals surface area contributed by atoms with Crippen molar-refractivity contribution in [2.45, 2.75) is 33.6 Å². The lowest BCUT2D eigenvalue weighted by Gasteiger charge is -2.15. The van der Waals surface area contributed by atoms with Crippen molar-refractivity contribution in [1.29, 1.82) is 0 Å². The molecule has 0 bridgehead atoms. The van der Waals surface area contributed by atoms with Crippen molar-refractivity contribution < 1.29 is 4.74 Å². The average molecular weight is 237 g/mol. The highest BCUT2D eigenvalue weighted by Crippen LogP contribution is 2.28. The van der Waals surface area contributed by atoms with Crippen LogP contribution in [0, 0.1) is 20.8 Å². The smallest absolute Gasteiger partial charge is 0.122 e. The average Bonchev–Trinajstić information content (AvgIpc) is 2.22. The van der Waals surface area contributed by atoms with Gasteiger partial charge in [0, 0.05) is 6.42 Å². The molecule has 0 amide bonds. The van der Waals surface area contributed by atoms with E-state index in [0.29, 0.717) is 4.99 Å². The summed E-state index contributed by atoms with van der Waals surface area (Å²) < 4.78 is 5.34. The molecule has 0 atom stereocenters. The van der Waals surface area contributed by atoms with Crippen molar-refractivity contribution in [2.24, 2.45) is 5.73 Å². The minimum absolute atomic E-state index is 0.576. The molecule has 0 heterocycles. The summed E-state index contributed by atoms with van der Waals surface area (Å²) in [5, 5.41) is 0. The number of hydrogen-bond donors (Lipinski definition) is 1. The van der Waals surface area contributed by atoms with Crippen LogP contribution in [0.15, 0.2) is 6.07 Å². The van der Waals surface area contributed by atoms with E-state index in [4.69, 9.17) is 22.7 Å². The minimum atomic E-state index is 0.576. The van der Waals surface area contributed by atoms with E-state index in [1.165, 1.54) is 22.3 Å². The third-order valence-corrected chi connectivity index (χ3v) is 3.25. The largest absolute Gasteiger partial charge is 0.496 e. The van der Waals surface area contributed by atoms with Gasteiger partial charge in [-0.2, -0.15) is 0 Å². The van der Waals surface area contributed by atoms with Gasteiger partial charge in [-0.25, -0.2) is 0 Å². The van der Waals surface area contributed by atoms with Gasteiger partial charge < -0.3 is 10.5 Å². The summed E-state index contributed by atoms with van der Waals surface area (Å²) in [6.45, 7) is 6.31. The van der Waals surface area contributed by atoms with E-state index in [1.807, 2.05) is 0 Å². The molecule has 0 saturated carbocycles. The Balaban J connectivity index is 3.10. The van der Waals surface area contributed by atoms with Gasteiger partial charge in [-0.1, -0.05) is 12.2 Å². The highest BCUT2D eigenvalue weighted by Gasteiger charge is 2.10. The zero-order valence-electron chi connectivity index (χ0n) is 10.4. The van der Waals surface area contributed by atoms with E-state index in [9.17, 15) is 0 Å². The van der Waals surface area contributed by atoms with E-state index in [0.717, 1.165) is 18.6 Å². The maximum Gasteiger partial charge on any atom is 0.122 e. The topological polar surface area (TPSA) is 35.2 Å². The first-order valence-corrected chi connectivity index (χ1v) is 5.80. The van der Waals surface area contributed by atoms with Crippen LogP contribution in [0.2, 0.25) is 0 Å². The molecule has 0 aliphatic carbocycles. The predicted octanol–water partition coefficient (Wildman–Crippen LogP) is 2.84. The van der Waals surface area contributed by atoms with Crippen LogP contribution in [0.3, 0.4) is 0 Å². The fraction of sp³-hybridized carbons (Fsp3) is 0.462. The Morgan fingerprint density at radius 1 is 1.31 bits per heavy atom. The first kappa shape index (κ1) is 13.0. The maximum atomic E-state index is 5.54. The number of hydrogen-bond acceptors (Lipinski definition) is 2. The van der Waals surface area contributed by atoms with Gasteiger partial charge in [0.15, 0.2) is 0 Å². The summed E-state index contributed by atoms with van der Waals surface area (Å²) in [6, 6.07) is 2.08. The van der Waals surface area contributed by atoms with Gasteiger partial charge >= 0.3 is 0 Å². The molecule has 1 aromatic carbocycles. The Morgan fingerprint density at radius 3 is 2.44 bits per heavy atom. The van der Waals surface area contributed by atoms with Gasteiger partial charge in [0.1, 0.15) is 5.75 Å². The molecule has 16 heavy (non-hydrogen) atoms. The zero-order chi connectivity index (χ0) is 12.3. The molecule has 1 aromatic rings. The van der Waals surface area contributed by atoms with Crippen LogP contribution < -0.4 is 10.5 Å². The lowest BCUT2D eigenvalue weighted by atomic mass is 9.94. The molecule has 0 radical (unpaired) electrons.